The van der Waals surface area contributed by atoms with Crippen molar-refractivity contribution in [1.29, 1.82) is 0 Å². The fourth-order valence-electron chi connectivity index (χ4n) is 4.52. The van der Waals surface area contributed by atoms with Crippen molar-refractivity contribution in [1.82, 2.24) is 10.6 Å². The van der Waals surface area contributed by atoms with E-state index in [1.165, 1.54) is 30.4 Å². The molecule has 1 saturated carbocycles. The van der Waals surface area contributed by atoms with Crippen LogP contribution in [0.5, 0.6) is 0 Å². The van der Waals surface area contributed by atoms with E-state index in [4.69, 9.17) is 9.47 Å². The molecule has 0 bridgehead atoms. The van der Waals surface area contributed by atoms with Gasteiger partial charge in [-0.05, 0) is 55.1 Å². The van der Waals surface area contributed by atoms with Gasteiger partial charge in [0, 0.05) is 32.8 Å². The molecule has 1 aromatic rings. The third-order valence-electron chi connectivity index (χ3n) is 5.85. The van der Waals surface area contributed by atoms with E-state index < -0.39 is 0 Å². The first-order valence-corrected chi connectivity index (χ1v) is 10.9. The van der Waals surface area contributed by atoms with Crippen molar-refractivity contribution in [2.45, 2.75) is 71.2 Å². The van der Waals surface area contributed by atoms with Gasteiger partial charge >= 0.3 is 0 Å². The van der Waals surface area contributed by atoms with E-state index in [2.05, 4.69) is 53.7 Å². The molecule has 28 heavy (non-hydrogen) atoms. The smallest absolute Gasteiger partial charge is 0.191 e. The molecule has 5 heteroatoms. The van der Waals surface area contributed by atoms with E-state index in [0.717, 1.165) is 50.4 Å². The number of hydrogen-bond acceptors (Lipinski definition) is 3. The summed E-state index contributed by atoms with van der Waals surface area (Å²) in [5.41, 5.74) is 2.48. The lowest BCUT2D eigenvalue weighted by Crippen LogP contribution is -2.45. The number of nitrogens with one attached hydrogen (secondary N) is 2. The summed E-state index contributed by atoms with van der Waals surface area (Å²) in [5.74, 6) is 2.47. The van der Waals surface area contributed by atoms with Gasteiger partial charge in [-0.3, -0.25) is 4.99 Å². The van der Waals surface area contributed by atoms with Gasteiger partial charge in [-0.15, -0.1) is 0 Å². The molecule has 0 aromatic heterocycles. The summed E-state index contributed by atoms with van der Waals surface area (Å²) in [6.45, 7) is 7.79. The van der Waals surface area contributed by atoms with Gasteiger partial charge in [0.15, 0.2) is 5.96 Å². The monoisotopic (exact) mass is 387 g/mol. The first-order valence-electron chi connectivity index (χ1n) is 10.9. The molecule has 1 aliphatic carbocycles. The van der Waals surface area contributed by atoms with Crippen molar-refractivity contribution in [3.8, 4) is 0 Å². The number of guanidine groups is 1. The molecule has 1 heterocycles. The van der Waals surface area contributed by atoms with E-state index in [-0.39, 0.29) is 0 Å². The van der Waals surface area contributed by atoms with Gasteiger partial charge in [-0.25, -0.2) is 0 Å². The van der Waals surface area contributed by atoms with Gasteiger partial charge < -0.3 is 20.1 Å². The lowest BCUT2D eigenvalue weighted by Gasteiger charge is -2.32. The summed E-state index contributed by atoms with van der Waals surface area (Å²) >= 11 is 0. The van der Waals surface area contributed by atoms with Gasteiger partial charge in [0.2, 0.25) is 0 Å². The molecule has 2 unspecified atom stereocenters. The largest absolute Gasteiger partial charge is 0.381 e. The van der Waals surface area contributed by atoms with E-state index in [1.807, 2.05) is 7.05 Å². The highest BCUT2D eigenvalue weighted by molar-refractivity contribution is 5.79. The maximum Gasteiger partial charge on any atom is 0.191 e. The van der Waals surface area contributed by atoms with Crippen LogP contribution >= 0.6 is 0 Å². The highest BCUT2D eigenvalue weighted by Gasteiger charge is 2.24. The predicted molar refractivity (Wildman–Crippen MR) is 114 cm³/mol. The third kappa shape index (κ3) is 6.78. The van der Waals surface area contributed by atoms with Crippen molar-refractivity contribution in [2.24, 2.45) is 16.8 Å². The average Bonchev–Trinajstić information content (AvgIpc) is 2.70. The maximum absolute atomic E-state index is 6.05. The van der Waals surface area contributed by atoms with Crippen LogP contribution in [-0.4, -0.2) is 38.4 Å². The lowest BCUT2D eigenvalue weighted by atomic mass is 9.80. The summed E-state index contributed by atoms with van der Waals surface area (Å²) in [7, 11) is 1.85. The van der Waals surface area contributed by atoms with Crippen LogP contribution in [0, 0.1) is 11.8 Å². The predicted octanol–water partition coefficient (Wildman–Crippen LogP) is 3.87. The van der Waals surface area contributed by atoms with Crippen molar-refractivity contribution in [3.05, 3.63) is 35.4 Å². The van der Waals surface area contributed by atoms with Gasteiger partial charge in [0.05, 0.1) is 12.7 Å². The second-order valence-electron chi connectivity index (χ2n) is 8.63. The van der Waals surface area contributed by atoms with Gasteiger partial charge in [-0.1, -0.05) is 38.1 Å². The summed E-state index contributed by atoms with van der Waals surface area (Å²) in [5, 5.41) is 7.10. The average molecular weight is 388 g/mol. The summed E-state index contributed by atoms with van der Waals surface area (Å²) in [6.07, 6.45) is 6.13. The van der Waals surface area contributed by atoms with Crippen LogP contribution in [0.3, 0.4) is 0 Å². The molecule has 2 aliphatic rings. The zero-order valence-corrected chi connectivity index (χ0v) is 17.7. The fourth-order valence-corrected chi connectivity index (χ4v) is 4.52. The van der Waals surface area contributed by atoms with Gasteiger partial charge in [-0.2, -0.15) is 0 Å². The van der Waals surface area contributed by atoms with E-state index in [0.29, 0.717) is 18.8 Å². The van der Waals surface area contributed by atoms with Crippen LogP contribution in [0.25, 0.3) is 0 Å². The first-order chi connectivity index (χ1) is 13.6. The van der Waals surface area contributed by atoms with Crippen molar-refractivity contribution < 1.29 is 9.47 Å². The molecule has 1 aliphatic heterocycles. The molecule has 156 valence electrons. The molecular formula is C23H37N3O2. The van der Waals surface area contributed by atoms with E-state index in [1.54, 1.807) is 0 Å². The van der Waals surface area contributed by atoms with Crippen molar-refractivity contribution >= 4 is 5.96 Å². The Labute approximate surface area is 170 Å². The fraction of sp³-hybridized carbons (Fsp3) is 0.696. The number of rotatable bonds is 6. The van der Waals surface area contributed by atoms with Crippen LogP contribution in [0.15, 0.2) is 29.3 Å². The second kappa shape index (κ2) is 10.8. The van der Waals surface area contributed by atoms with Crippen LogP contribution < -0.4 is 10.6 Å². The number of aliphatic imine (C=N–C) groups is 1. The zero-order valence-electron chi connectivity index (χ0n) is 17.7. The SMILES string of the molecule is CN=C(NCc1cccc(COC2CCOCC2)c1)NC1CC(C)CC(C)C1. The number of ether oxygens (including phenoxy) is 2. The van der Waals surface area contributed by atoms with Crippen LogP contribution in [0.2, 0.25) is 0 Å². The summed E-state index contributed by atoms with van der Waals surface area (Å²) in [6, 6.07) is 9.15. The van der Waals surface area contributed by atoms with Crippen molar-refractivity contribution in [3.63, 3.8) is 0 Å². The molecule has 2 atom stereocenters. The Balaban J connectivity index is 1.46. The normalized spacial score (nSPS) is 26.8. The highest BCUT2D eigenvalue weighted by atomic mass is 16.5. The van der Waals surface area contributed by atoms with Crippen LogP contribution in [0.1, 0.15) is 57.1 Å². The maximum atomic E-state index is 6.05. The van der Waals surface area contributed by atoms with Gasteiger partial charge in [0.25, 0.3) is 0 Å². The van der Waals surface area contributed by atoms with E-state index >= 15 is 0 Å². The number of nitrogens with zero attached hydrogens (tertiary/aromatic N) is 1. The Kier molecular flexibility index (Phi) is 8.16. The minimum Gasteiger partial charge on any atom is -0.381 e. The zero-order chi connectivity index (χ0) is 19.8. The molecule has 0 spiro atoms. The quantitative estimate of drug-likeness (QED) is 0.575. The molecule has 3 rings (SSSR count). The Bertz CT molecular complexity index is 618. The summed E-state index contributed by atoms with van der Waals surface area (Å²) in [4.78, 5) is 4.43. The highest BCUT2D eigenvalue weighted by Crippen LogP contribution is 2.28. The van der Waals surface area contributed by atoms with Gasteiger partial charge in [0.1, 0.15) is 0 Å². The number of benzene rings is 1. The molecular weight excluding hydrogens is 350 g/mol. The van der Waals surface area contributed by atoms with Crippen LogP contribution in [0.4, 0.5) is 0 Å². The molecule has 5 nitrogen and oxygen atoms in total. The Morgan fingerprint density at radius 1 is 1.11 bits per heavy atom. The minimum absolute atomic E-state index is 0.332. The molecule has 1 aromatic carbocycles. The molecule has 1 saturated heterocycles. The Morgan fingerprint density at radius 2 is 1.82 bits per heavy atom. The topological polar surface area (TPSA) is 54.9 Å². The second-order valence-corrected chi connectivity index (χ2v) is 8.63. The minimum atomic E-state index is 0.332. The third-order valence-corrected chi connectivity index (χ3v) is 5.85. The Morgan fingerprint density at radius 3 is 2.54 bits per heavy atom. The molecule has 2 fully saturated rings. The standard InChI is InChI=1S/C23H37N3O2/c1-17-11-18(2)13-21(12-17)26-23(24-3)25-15-19-5-4-6-20(14-19)16-28-22-7-9-27-10-8-22/h4-6,14,17-18,21-22H,7-13,15-16H2,1-3H3,(H2,24,25,26). The van der Waals surface area contributed by atoms with E-state index in [9.17, 15) is 0 Å². The molecule has 2 N–H and O–H groups in total. The summed E-state index contributed by atoms with van der Waals surface area (Å²) < 4.78 is 11.5. The first kappa shape index (κ1) is 21.1. The van der Waals surface area contributed by atoms with Crippen molar-refractivity contribution in [2.75, 3.05) is 20.3 Å². The molecule has 0 radical (unpaired) electrons. The lowest BCUT2D eigenvalue weighted by molar-refractivity contribution is -0.0390. The Hall–Kier alpha value is -1.59. The van der Waals surface area contributed by atoms with Crippen LogP contribution in [-0.2, 0) is 22.6 Å². The number of hydrogen-bond donors (Lipinski definition) is 2. The molecule has 0 amide bonds.